The number of hydrogen-bond acceptors (Lipinski definition) is 4. The van der Waals surface area contributed by atoms with Crippen LogP contribution in [-0.2, 0) is 11.2 Å². The van der Waals surface area contributed by atoms with Crippen LogP contribution >= 0.6 is 0 Å². The molecular weight excluding hydrogens is 414 g/mol. The van der Waals surface area contributed by atoms with Gasteiger partial charge in [-0.05, 0) is 50.1 Å². The van der Waals surface area contributed by atoms with Crippen LogP contribution in [0.2, 0.25) is 0 Å². The third kappa shape index (κ3) is 3.95. The van der Waals surface area contributed by atoms with E-state index >= 15 is 0 Å². The van der Waals surface area contributed by atoms with Crippen molar-refractivity contribution >= 4 is 28.4 Å². The number of carbonyl (C=O) groups excluding carboxylic acids is 2. The van der Waals surface area contributed by atoms with Gasteiger partial charge in [0.25, 0.3) is 5.91 Å². The Morgan fingerprint density at radius 3 is 2.30 bits per heavy atom. The van der Waals surface area contributed by atoms with Gasteiger partial charge in [0.15, 0.2) is 5.65 Å². The smallest absolute Gasteiger partial charge is 0.253 e. The predicted molar refractivity (Wildman–Crippen MR) is 127 cm³/mol. The monoisotopic (exact) mass is 441 g/mol. The third-order valence-electron chi connectivity index (χ3n) is 6.55. The molecular formula is C26H27N5O2. The lowest BCUT2D eigenvalue weighted by atomic mass is 10.1. The van der Waals surface area contributed by atoms with Gasteiger partial charge in [-0.2, -0.15) is 5.10 Å². The van der Waals surface area contributed by atoms with E-state index in [1.54, 1.807) is 0 Å². The summed E-state index contributed by atoms with van der Waals surface area (Å²) in [5, 5.41) is 5.74. The van der Waals surface area contributed by atoms with E-state index < -0.39 is 0 Å². The average Bonchev–Trinajstić information content (AvgIpc) is 3.23. The van der Waals surface area contributed by atoms with Crippen molar-refractivity contribution in [3.8, 4) is 0 Å². The predicted octanol–water partition coefficient (Wildman–Crippen LogP) is 3.42. The van der Waals surface area contributed by atoms with Crippen molar-refractivity contribution in [2.75, 3.05) is 26.2 Å². The molecule has 1 aliphatic heterocycles. The summed E-state index contributed by atoms with van der Waals surface area (Å²) in [5.74, 6) is 0.145. The first-order valence-electron chi connectivity index (χ1n) is 11.4. The van der Waals surface area contributed by atoms with Crippen molar-refractivity contribution in [3.63, 3.8) is 0 Å². The second-order valence-electron chi connectivity index (χ2n) is 8.55. The van der Waals surface area contributed by atoms with Gasteiger partial charge in [-0.3, -0.25) is 9.59 Å². The molecule has 168 valence electrons. The van der Waals surface area contributed by atoms with E-state index in [1.807, 2.05) is 82.8 Å². The molecule has 5 rings (SSSR count). The van der Waals surface area contributed by atoms with Gasteiger partial charge in [0, 0.05) is 54.9 Å². The van der Waals surface area contributed by atoms with E-state index in [0.717, 1.165) is 33.5 Å². The molecule has 2 aromatic carbocycles. The standard InChI is InChI=1S/C26H27N5O2/c1-18-21(19(2)31-25(27-18)22-10-6-7-11-23(22)28-31)12-13-24(32)29-14-16-30(17-15-29)26(33)20-8-4-3-5-9-20/h3-11H,12-17H2,1-2H3. The number of aromatic nitrogens is 3. The lowest BCUT2D eigenvalue weighted by molar-refractivity contribution is -0.132. The van der Waals surface area contributed by atoms with Crippen LogP contribution in [0, 0.1) is 13.8 Å². The van der Waals surface area contributed by atoms with E-state index in [-0.39, 0.29) is 11.8 Å². The quantitative estimate of drug-likeness (QED) is 0.487. The van der Waals surface area contributed by atoms with Gasteiger partial charge in [0.05, 0.1) is 5.52 Å². The summed E-state index contributed by atoms with van der Waals surface area (Å²) in [7, 11) is 0. The minimum Gasteiger partial charge on any atom is -0.339 e. The van der Waals surface area contributed by atoms with Crippen LogP contribution in [-0.4, -0.2) is 62.4 Å². The SMILES string of the molecule is Cc1nc2c3ccccc3nn2c(C)c1CCC(=O)N1CCN(C(=O)c2ccccc2)CC1. The van der Waals surface area contributed by atoms with Crippen molar-refractivity contribution in [3.05, 3.63) is 77.1 Å². The van der Waals surface area contributed by atoms with Gasteiger partial charge in [-0.25, -0.2) is 9.50 Å². The maximum Gasteiger partial charge on any atom is 0.253 e. The number of aryl methyl sites for hydroxylation is 2. The van der Waals surface area contributed by atoms with E-state index in [1.165, 1.54) is 0 Å². The summed E-state index contributed by atoms with van der Waals surface area (Å²) in [6.45, 7) is 6.30. The van der Waals surface area contributed by atoms with Gasteiger partial charge in [0.2, 0.25) is 5.91 Å². The Bertz CT molecular complexity index is 1340. The lowest BCUT2D eigenvalue weighted by Crippen LogP contribution is -2.50. The van der Waals surface area contributed by atoms with Gasteiger partial charge in [-0.1, -0.05) is 30.3 Å². The lowest BCUT2D eigenvalue weighted by Gasteiger charge is -2.35. The number of fused-ring (bicyclic) bond motifs is 3. The number of nitrogens with zero attached hydrogens (tertiary/aromatic N) is 5. The number of hydrogen-bond donors (Lipinski definition) is 0. The molecule has 0 N–H and O–H groups in total. The van der Waals surface area contributed by atoms with Crippen molar-refractivity contribution in [2.24, 2.45) is 0 Å². The van der Waals surface area contributed by atoms with Crippen molar-refractivity contribution < 1.29 is 9.59 Å². The minimum absolute atomic E-state index is 0.0277. The largest absolute Gasteiger partial charge is 0.339 e. The van der Waals surface area contributed by atoms with E-state index in [2.05, 4.69) is 0 Å². The minimum atomic E-state index is 0.0277. The molecule has 0 radical (unpaired) electrons. The Labute approximate surface area is 192 Å². The Morgan fingerprint density at radius 1 is 0.879 bits per heavy atom. The second kappa shape index (κ2) is 8.65. The van der Waals surface area contributed by atoms with Crippen LogP contribution in [0.5, 0.6) is 0 Å². The maximum atomic E-state index is 12.9. The molecule has 33 heavy (non-hydrogen) atoms. The van der Waals surface area contributed by atoms with Crippen molar-refractivity contribution in [2.45, 2.75) is 26.7 Å². The molecule has 7 nitrogen and oxygen atoms in total. The molecule has 7 heteroatoms. The molecule has 0 atom stereocenters. The van der Waals surface area contributed by atoms with Gasteiger partial charge in [-0.15, -0.1) is 0 Å². The summed E-state index contributed by atoms with van der Waals surface area (Å²) in [6, 6.07) is 17.3. The summed E-state index contributed by atoms with van der Waals surface area (Å²) in [6.07, 6.45) is 1.04. The number of benzene rings is 2. The van der Waals surface area contributed by atoms with Crippen LogP contribution in [0.4, 0.5) is 0 Å². The molecule has 1 fully saturated rings. The Morgan fingerprint density at radius 2 is 1.55 bits per heavy atom. The summed E-state index contributed by atoms with van der Waals surface area (Å²) in [4.78, 5) is 34.1. The third-order valence-corrected chi connectivity index (χ3v) is 6.55. The first-order valence-corrected chi connectivity index (χ1v) is 11.4. The Hall–Kier alpha value is -3.74. The summed E-state index contributed by atoms with van der Waals surface area (Å²) in [5.41, 5.74) is 5.51. The van der Waals surface area contributed by atoms with Gasteiger partial charge >= 0.3 is 0 Å². The van der Waals surface area contributed by atoms with E-state index in [9.17, 15) is 9.59 Å². The molecule has 3 heterocycles. The van der Waals surface area contributed by atoms with Crippen molar-refractivity contribution in [1.29, 1.82) is 0 Å². The molecule has 0 unspecified atom stereocenters. The van der Waals surface area contributed by atoms with Crippen LogP contribution in [0.3, 0.4) is 0 Å². The normalized spacial score (nSPS) is 14.2. The highest BCUT2D eigenvalue weighted by atomic mass is 16.2. The van der Waals surface area contributed by atoms with E-state index in [0.29, 0.717) is 44.6 Å². The fourth-order valence-electron chi connectivity index (χ4n) is 4.65. The van der Waals surface area contributed by atoms with Crippen molar-refractivity contribution in [1.82, 2.24) is 24.4 Å². The first-order chi connectivity index (χ1) is 16.0. The maximum absolute atomic E-state index is 12.9. The fourth-order valence-corrected chi connectivity index (χ4v) is 4.65. The summed E-state index contributed by atoms with van der Waals surface area (Å²) >= 11 is 0. The molecule has 0 aliphatic carbocycles. The number of piperazine rings is 1. The molecule has 0 saturated carbocycles. The van der Waals surface area contributed by atoms with Crippen LogP contribution in [0.15, 0.2) is 54.6 Å². The number of amides is 2. The highest BCUT2D eigenvalue weighted by molar-refractivity contribution is 5.94. The molecule has 2 aromatic heterocycles. The molecule has 0 bridgehead atoms. The van der Waals surface area contributed by atoms with Crippen LogP contribution < -0.4 is 0 Å². The average molecular weight is 442 g/mol. The Kier molecular flexibility index (Phi) is 5.54. The summed E-state index contributed by atoms with van der Waals surface area (Å²) < 4.78 is 1.89. The molecule has 2 amide bonds. The molecule has 0 spiro atoms. The highest BCUT2D eigenvalue weighted by Gasteiger charge is 2.25. The first kappa shape index (κ1) is 21.1. The molecule has 4 aromatic rings. The van der Waals surface area contributed by atoms with Gasteiger partial charge in [0.1, 0.15) is 0 Å². The van der Waals surface area contributed by atoms with Crippen LogP contribution in [0.1, 0.15) is 33.7 Å². The zero-order chi connectivity index (χ0) is 22.9. The second-order valence-corrected chi connectivity index (χ2v) is 8.55. The van der Waals surface area contributed by atoms with E-state index in [4.69, 9.17) is 10.1 Å². The van der Waals surface area contributed by atoms with Gasteiger partial charge < -0.3 is 9.80 Å². The highest BCUT2D eigenvalue weighted by Crippen LogP contribution is 2.23. The Balaban J connectivity index is 1.24. The topological polar surface area (TPSA) is 70.8 Å². The number of rotatable bonds is 4. The molecule has 1 saturated heterocycles. The zero-order valence-corrected chi connectivity index (χ0v) is 19.0. The van der Waals surface area contributed by atoms with Crippen LogP contribution in [0.25, 0.3) is 16.6 Å². The fraction of sp³-hybridized carbons (Fsp3) is 0.308. The molecule has 1 aliphatic rings. The number of carbonyl (C=O) groups is 2. The zero-order valence-electron chi connectivity index (χ0n) is 19.0.